The van der Waals surface area contributed by atoms with Crippen LogP contribution in [0.25, 0.3) is 11.0 Å². The second-order valence-electron chi connectivity index (χ2n) is 6.50. The molecule has 8 heteroatoms. The van der Waals surface area contributed by atoms with Crippen LogP contribution in [-0.4, -0.2) is 34.0 Å². The second-order valence-corrected chi connectivity index (χ2v) is 6.50. The van der Waals surface area contributed by atoms with E-state index in [2.05, 4.69) is 25.9 Å². The summed E-state index contributed by atoms with van der Waals surface area (Å²) in [6.45, 7) is 1.67. The summed E-state index contributed by atoms with van der Waals surface area (Å²) >= 11 is 0. The molecular weight excluding hydrogens is 322 g/mol. The molecule has 0 aliphatic heterocycles. The zero-order chi connectivity index (χ0) is 17.8. The first-order chi connectivity index (χ1) is 12.0. The van der Waals surface area contributed by atoms with Gasteiger partial charge in [0.15, 0.2) is 0 Å². The summed E-state index contributed by atoms with van der Waals surface area (Å²) in [5, 5.41) is 8.25. The zero-order valence-electron chi connectivity index (χ0n) is 14.1. The fraction of sp³-hybridized carbons (Fsp3) is 0.471. The summed E-state index contributed by atoms with van der Waals surface area (Å²) in [5.74, 6) is -0.407. The number of amides is 3. The van der Waals surface area contributed by atoms with Gasteiger partial charge in [0.25, 0.3) is 0 Å². The number of nitrogens with one attached hydrogen (secondary N) is 5. The second kappa shape index (κ2) is 7.42. The van der Waals surface area contributed by atoms with Gasteiger partial charge >= 0.3 is 11.7 Å². The molecule has 25 heavy (non-hydrogen) atoms. The molecule has 5 N–H and O–H groups in total. The molecule has 0 bridgehead atoms. The van der Waals surface area contributed by atoms with Crippen LogP contribution in [0.1, 0.15) is 39.0 Å². The van der Waals surface area contributed by atoms with Crippen LogP contribution in [0.4, 0.5) is 10.5 Å². The monoisotopic (exact) mass is 345 g/mol. The van der Waals surface area contributed by atoms with Crippen molar-refractivity contribution in [3.63, 3.8) is 0 Å². The fourth-order valence-electron chi connectivity index (χ4n) is 3.13. The van der Waals surface area contributed by atoms with E-state index in [0.717, 1.165) is 25.7 Å². The maximum atomic E-state index is 12.2. The van der Waals surface area contributed by atoms with Crippen LogP contribution in [0, 0.1) is 0 Å². The first kappa shape index (κ1) is 17.1. The van der Waals surface area contributed by atoms with Crippen molar-refractivity contribution in [2.75, 3.05) is 5.32 Å². The largest absolute Gasteiger partial charge is 0.374 e. The van der Waals surface area contributed by atoms with Gasteiger partial charge in [-0.1, -0.05) is 19.3 Å². The minimum absolute atomic E-state index is 0.151. The molecule has 1 aromatic carbocycles. The standard InChI is InChI=1S/C17H23N5O3/c1-10(15(23)22-16(24)19-11-5-3-2-4-6-11)18-12-7-8-13-14(9-12)21-17(25)20-13/h7-11,18H,2-6H2,1H3,(H2,20,21,25)(H2,19,22,23,24). The molecule has 1 aromatic heterocycles. The summed E-state index contributed by atoms with van der Waals surface area (Å²) < 4.78 is 0. The van der Waals surface area contributed by atoms with Crippen molar-refractivity contribution in [3.8, 4) is 0 Å². The van der Waals surface area contributed by atoms with Crippen LogP contribution < -0.4 is 21.6 Å². The summed E-state index contributed by atoms with van der Waals surface area (Å²) in [6.07, 6.45) is 5.35. The van der Waals surface area contributed by atoms with Gasteiger partial charge in [-0.3, -0.25) is 10.1 Å². The van der Waals surface area contributed by atoms with Crippen LogP contribution in [0.2, 0.25) is 0 Å². The Bertz CT molecular complexity index is 819. The Morgan fingerprint density at radius 2 is 1.84 bits per heavy atom. The third kappa shape index (κ3) is 4.40. The average molecular weight is 345 g/mol. The van der Waals surface area contributed by atoms with E-state index >= 15 is 0 Å². The molecular formula is C17H23N5O3. The first-order valence-corrected chi connectivity index (χ1v) is 8.61. The lowest BCUT2D eigenvalue weighted by atomic mass is 9.96. The molecule has 0 saturated heterocycles. The van der Waals surface area contributed by atoms with Gasteiger partial charge in [-0.2, -0.15) is 0 Å². The van der Waals surface area contributed by atoms with E-state index in [1.807, 2.05) is 0 Å². The van der Waals surface area contributed by atoms with Crippen molar-refractivity contribution in [1.82, 2.24) is 20.6 Å². The maximum Gasteiger partial charge on any atom is 0.323 e. The number of rotatable bonds is 4. The number of anilines is 1. The molecule has 3 rings (SSSR count). The van der Waals surface area contributed by atoms with Crippen molar-refractivity contribution in [2.24, 2.45) is 0 Å². The van der Waals surface area contributed by atoms with E-state index in [1.165, 1.54) is 6.42 Å². The molecule has 1 aliphatic rings. The molecule has 1 aliphatic carbocycles. The Morgan fingerprint density at radius 3 is 2.60 bits per heavy atom. The van der Waals surface area contributed by atoms with Gasteiger partial charge in [-0.05, 0) is 38.0 Å². The molecule has 0 radical (unpaired) electrons. The van der Waals surface area contributed by atoms with E-state index in [1.54, 1.807) is 25.1 Å². The third-order valence-corrected chi connectivity index (χ3v) is 4.47. The summed E-state index contributed by atoms with van der Waals surface area (Å²) in [6, 6.07) is 4.35. The van der Waals surface area contributed by atoms with E-state index in [4.69, 9.17) is 0 Å². The van der Waals surface area contributed by atoms with E-state index in [-0.39, 0.29) is 11.7 Å². The number of benzene rings is 1. The highest BCUT2D eigenvalue weighted by atomic mass is 16.2. The van der Waals surface area contributed by atoms with Crippen LogP contribution in [0.15, 0.2) is 23.0 Å². The molecule has 3 amide bonds. The number of imidazole rings is 1. The highest BCUT2D eigenvalue weighted by Gasteiger charge is 2.19. The summed E-state index contributed by atoms with van der Waals surface area (Å²) in [7, 11) is 0. The number of fused-ring (bicyclic) bond motifs is 1. The number of carbonyl (C=O) groups is 2. The van der Waals surface area contributed by atoms with Gasteiger partial charge in [0.05, 0.1) is 11.0 Å². The Labute approximate surface area is 144 Å². The van der Waals surface area contributed by atoms with E-state index < -0.39 is 18.0 Å². The normalized spacial score (nSPS) is 16.4. The van der Waals surface area contributed by atoms with Gasteiger partial charge in [0.1, 0.15) is 6.04 Å². The minimum Gasteiger partial charge on any atom is -0.374 e. The van der Waals surface area contributed by atoms with Crippen molar-refractivity contribution in [1.29, 1.82) is 0 Å². The number of hydrogen-bond donors (Lipinski definition) is 5. The van der Waals surface area contributed by atoms with Crippen LogP contribution in [-0.2, 0) is 4.79 Å². The maximum absolute atomic E-state index is 12.2. The van der Waals surface area contributed by atoms with Gasteiger partial charge in [0.2, 0.25) is 5.91 Å². The Hall–Kier alpha value is -2.77. The predicted octanol–water partition coefficient (Wildman–Crippen LogP) is 1.82. The quantitative estimate of drug-likeness (QED) is 0.580. The number of hydrogen-bond acceptors (Lipinski definition) is 4. The number of aromatic amines is 2. The number of imide groups is 1. The minimum atomic E-state index is -0.597. The lowest BCUT2D eigenvalue weighted by Gasteiger charge is -2.23. The van der Waals surface area contributed by atoms with Crippen LogP contribution >= 0.6 is 0 Å². The summed E-state index contributed by atoms with van der Waals surface area (Å²) in [4.78, 5) is 40.7. The van der Waals surface area contributed by atoms with Crippen LogP contribution in [0.5, 0.6) is 0 Å². The Balaban J connectivity index is 1.53. The van der Waals surface area contributed by atoms with Gasteiger partial charge in [-0.15, -0.1) is 0 Å². The molecule has 1 unspecified atom stereocenters. The van der Waals surface area contributed by atoms with Crippen LogP contribution in [0.3, 0.4) is 0 Å². The molecule has 1 fully saturated rings. The third-order valence-electron chi connectivity index (χ3n) is 4.47. The first-order valence-electron chi connectivity index (χ1n) is 8.61. The number of aromatic nitrogens is 2. The number of urea groups is 1. The molecule has 0 spiro atoms. The number of H-pyrrole nitrogens is 2. The average Bonchev–Trinajstić information content (AvgIpc) is 2.94. The molecule has 8 nitrogen and oxygen atoms in total. The van der Waals surface area contributed by atoms with Crippen molar-refractivity contribution in [2.45, 2.75) is 51.1 Å². The SMILES string of the molecule is CC(Nc1ccc2[nH]c(=O)[nH]c2c1)C(=O)NC(=O)NC1CCCCC1. The zero-order valence-corrected chi connectivity index (χ0v) is 14.1. The molecule has 2 aromatic rings. The van der Waals surface area contributed by atoms with Crippen molar-refractivity contribution >= 4 is 28.7 Å². The highest BCUT2D eigenvalue weighted by Crippen LogP contribution is 2.17. The Morgan fingerprint density at radius 1 is 1.12 bits per heavy atom. The smallest absolute Gasteiger partial charge is 0.323 e. The predicted molar refractivity (Wildman–Crippen MR) is 95.6 cm³/mol. The lowest BCUT2D eigenvalue weighted by Crippen LogP contribution is -2.49. The van der Waals surface area contributed by atoms with E-state index in [9.17, 15) is 14.4 Å². The Kier molecular flexibility index (Phi) is 5.06. The van der Waals surface area contributed by atoms with Gasteiger partial charge in [-0.25, -0.2) is 9.59 Å². The molecule has 1 saturated carbocycles. The lowest BCUT2D eigenvalue weighted by molar-refractivity contribution is -0.120. The van der Waals surface area contributed by atoms with Gasteiger partial charge < -0.3 is 20.6 Å². The van der Waals surface area contributed by atoms with E-state index in [0.29, 0.717) is 16.7 Å². The molecule has 134 valence electrons. The topological polar surface area (TPSA) is 119 Å². The van der Waals surface area contributed by atoms with Crippen molar-refractivity contribution < 1.29 is 9.59 Å². The highest BCUT2D eigenvalue weighted by molar-refractivity contribution is 5.98. The van der Waals surface area contributed by atoms with Crippen molar-refractivity contribution in [3.05, 3.63) is 28.7 Å². The molecule has 1 heterocycles. The fourth-order valence-corrected chi connectivity index (χ4v) is 3.13. The molecule has 1 atom stereocenters. The van der Waals surface area contributed by atoms with Gasteiger partial charge in [0, 0.05) is 11.7 Å². The summed E-state index contributed by atoms with van der Waals surface area (Å²) in [5.41, 5.74) is 1.74. The number of carbonyl (C=O) groups excluding carboxylic acids is 2.